The Morgan fingerprint density at radius 1 is 1.20 bits per heavy atom. The molecule has 2 rings (SSSR count). The van der Waals surface area contributed by atoms with Gasteiger partial charge in [-0.2, -0.15) is 0 Å². The van der Waals surface area contributed by atoms with Gasteiger partial charge in [-0.05, 0) is 19.2 Å². The van der Waals surface area contributed by atoms with Crippen molar-refractivity contribution >= 4 is 11.6 Å². The van der Waals surface area contributed by atoms with Crippen molar-refractivity contribution in [2.75, 3.05) is 44.4 Å². The highest BCUT2D eigenvalue weighted by atomic mass is 15.5. The van der Waals surface area contributed by atoms with Crippen molar-refractivity contribution in [1.29, 1.82) is 0 Å². The maximum Gasteiger partial charge on any atom is 0.163 e. The minimum absolute atomic E-state index is 0.443. The number of nitrogen functional groups attached to an aromatic ring is 1. The van der Waals surface area contributed by atoms with Crippen LogP contribution in [-0.2, 0) is 0 Å². The molecule has 1 saturated heterocycles. The molecular formula is C9H16N6. The van der Waals surface area contributed by atoms with Gasteiger partial charge in [-0.3, -0.25) is 0 Å². The first-order chi connectivity index (χ1) is 7.24. The number of nitrogens with zero attached hydrogens (tertiary/aromatic N) is 4. The van der Waals surface area contributed by atoms with E-state index in [2.05, 4.69) is 32.6 Å². The molecule has 1 aromatic heterocycles. The molecule has 0 radical (unpaired) electrons. The summed E-state index contributed by atoms with van der Waals surface area (Å²) in [6.07, 6.45) is 0. The van der Waals surface area contributed by atoms with E-state index in [0.717, 1.165) is 32.0 Å². The smallest absolute Gasteiger partial charge is 0.163 e. The van der Waals surface area contributed by atoms with Crippen LogP contribution in [0.1, 0.15) is 0 Å². The molecular weight excluding hydrogens is 192 g/mol. The van der Waals surface area contributed by atoms with Gasteiger partial charge >= 0.3 is 0 Å². The van der Waals surface area contributed by atoms with Gasteiger partial charge in [0.25, 0.3) is 0 Å². The topological polar surface area (TPSA) is 70.3 Å². The Morgan fingerprint density at radius 3 is 2.53 bits per heavy atom. The highest BCUT2D eigenvalue weighted by Crippen LogP contribution is 2.06. The number of rotatable bonds is 2. The van der Waals surface area contributed by atoms with Gasteiger partial charge in [0.2, 0.25) is 0 Å². The van der Waals surface area contributed by atoms with E-state index in [1.54, 1.807) is 6.07 Å². The van der Waals surface area contributed by atoms with Crippen LogP contribution < -0.4 is 11.2 Å². The molecule has 0 unspecified atom stereocenters. The van der Waals surface area contributed by atoms with Crippen LogP contribution in [0.15, 0.2) is 12.1 Å². The van der Waals surface area contributed by atoms with Crippen LogP contribution in [0.4, 0.5) is 11.6 Å². The number of hydrazine groups is 1. The van der Waals surface area contributed by atoms with Crippen molar-refractivity contribution in [3.05, 3.63) is 12.1 Å². The molecule has 0 aromatic carbocycles. The van der Waals surface area contributed by atoms with E-state index < -0.39 is 0 Å². The van der Waals surface area contributed by atoms with Gasteiger partial charge in [-0.15, -0.1) is 10.2 Å². The third kappa shape index (κ3) is 2.77. The van der Waals surface area contributed by atoms with Crippen LogP contribution in [0, 0.1) is 0 Å². The molecule has 2 heterocycles. The summed E-state index contributed by atoms with van der Waals surface area (Å²) in [6, 6.07) is 3.58. The second kappa shape index (κ2) is 4.41. The first-order valence-corrected chi connectivity index (χ1v) is 5.03. The summed E-state index contributed by atoms with van der Waals surface area (Å²) < 4.78 is 0. The molecule has 1 aliphatic heterocycles. The Kier molecular flexibility index (Phi) is 2.98. The Labute approximate surface area is 89.0 Å². The third-order valence-electron chi connectivity index (χ3n) is 2.46. The lowest BCUT2D eigenvalue weighted by Gasteiger charge is -2.32. The highest BCUT2D eigenvalue weighted by Gasteiger charge is 2.13. The second-order valence-electron chi connectivity index (χ2n) is 3.75. The van der Waals surface area contributed by atoms with E-state index in [1.165, 1.54) is 0 Å². The summed E-state index contributed by atoms with van der Waals surface area (Å²) in [5, 5.41) is 9.88. The summed E-state index contributed by atoms with van der Waals surface area (Å²) >= 11 is 0. The van der Waals surface area contributed by atoms with Crippen LogP contribution in [-0.4, -0.2) is 53.3 Å². The van der Waals surface area contributed by atoms with Crippen molar-refractivity contribution in [2.24, 2.45) is 0 Å². The van der Waals surface area contributed by atoms with E-state index in [9.17, 15) is 0 Å². The van der Waals surface area contributed by atoms with Crippen LogP contribution in [0.3, 0.4) is 0 Å². The second-order valence-corrected chi connectivity index (χ2v) is 3.75. The van der Waals surface area contributed by atoms with Crippen molar-refractivity contribution in [1.82, 2.24) is 20.1 Å². The molecule has 15 heavy (non-hydrogen) atoms. The lowest BCUT2D eigenvalue weighted by Crippen LogP contribution is -2.47. The van der Waals surface area contributed by atoms with E-state index in [1.807, 2.05) is 6.07 Å². The van der Waals surface area contributed by atoms with E-state index in [0.29, 0.717) is 5.82 Å². The maximum absolute atomic E-state index is 5.46. The summed E-state index contributed by atoms with van der Waals surface area (Å²) in [6.45, 7) is 4.11. The van der Waals surface area contributed by atoms with Crippen LogP contribution in [0.25, 0.3) is 0 Å². The summed E-state index contributed by atoms with van der Waals surface area (Å²) in [7, 11) is 2.13. The highest BCUT2D eigenvalue weighted by molar-refractivity contribution is 5.37. The fourth-order valence-electron chi connectivity index (χ4n) is 1.48. The number of piperazine rings is 1. The molecule has 0 bridgehead atoms. The minimum atomic E-state index is 0.443. The molecule has 0 amide bonds. The number of hydrogen-bond donors (Lipinski definition) is 2. The number of nitrogens with two attached hydrogens (primary N) is 1. The first kappa shape index (κ1) is 10.1. The number of likely N-dealkylation sites (N-methyl/N-ethyl adjacent to an activating group) is 1. The largest absolute Gasteiger partial charge is 0.382 e. The predicted molar refractivity (Wildman–Crippen MR) is 59.1 cm³/mol. The zero-order valence-electron chi connectivity index (χ0n) is 8.85. The Bertz CT molecular complexity index is 303. The molecule has 82 valence electrons. The number of aromatic nitrogens is 2. The fourth-order valence-corrected chi connectivity index (χ4v) is 1.48. The zero-order valence-corrected chi connectivity index (χ0v) is 8.85. The normalized spacial score (nSPS) is 19.0. The molecule has 6 nitrogen and oxygen atoms in total. The van der Waals surface area contributed by atoms with Gasteiger partial charge in [-0.1, -0.05) is 0 Å². The van der Waals surface area contributed by atoms with Crippen LogP contribution >= 0.6 is 0 Å². The van der Waals surface area contributed by atoms with Gasteiger partial charge in [0.15, 0.2) is 5.82 Å². The molecule has 0 aliphatic carbocycles. The average molecular weight is 208 g/mol. The molecule has 1 aliphatic rings. The molecule has 0 spiro atoms. The van der Waals surface area contributed by atoms with Crippen molar-refractivity contribution < 1.29 is 0 Å². The van der Waals surface area contributed by atoms with Gasteiger partial charge in [0, 0.05) is 26.2 Å². The van der Waals surface area contributed by atoms with Crippen LogP contribution in [0.5, 0.6) is 0 Å². The Balaban J connectivity index is 1.89. The van der Waals surface area contributed by atoms with E-state index >= 15 is 0 Å². The first-order valence-electron chi connectivity index (χ1n) is 5.03. The molecule has 3 N–H and O–H groups in total. The van der Waals surface area contributed by atoms with Gasteiger partial charge in [0.05, 0.1) is 0 Å². The number of nitrogens with one attached hydrogen (secondary N) is 1. The lowest BCUT2D eigenvalue weighted by atomic mass is 10.4. The average Bonchev–Trinajstić information content (AvgIpc) is 2.25. The maximum atomic E-state index is 5.46. The summed E-state index contributed by atoms with van der Waals surface area (Å²) in [5.41, 5.74) is 8.66. The molecule has 6 heteroatoms. The van der Waals surface area contributed by atoms with E-state index in [-0.39, 0.29) is 0 Å². The molecule has 1 fully saturated rings. The number of anilines is 2. The van der Waals surface area contributed by atoms with E-state index in [4.69, 9.17) is 5.73 Å². The standard InChI is InChI=1S/C9H16N6/c1-14-4-6-15(7-5-14)13-9-3-2-8(10)11-12-9/h2-3H,4-7H2,1H3,(H2,10,11)(H,12,13). The predicted octanol–water partition coefficient (Wildman–Crippen LogP) is -0.367. The quantitative estimate of drug-likeness (QED) is 0.691. The lowest BCUT2D eigenvalue weighted by molar-refractivity contribution is 0.178. The third-order valence-corrected chi connectivity index (χ3v) is 2.46. The zero-order chi connectivity index (χ0) is 10.7. The van der Waals surface area contributed by atoms with Gasteiger partial charge in [0.1, 0.15) is 5.82 Å². The Morgan fingerprint density at radius 2 is 1.93 bits per heavy atom. The molecule has 0 atom stereocenters. The van der Waals surface area contributed by atoms with Gasteiger partial charge < -0.3 is 16.1 Å². The van der Waals surface area contributed by atoms with Crippen molar-refractivity contribution in [3.8, 4) is 0 Å². The summed E-state index contributed by atoms with van der Waals surface area (Å²) in [4.78, 5) is 2.30. The van der Waals surface area contributed by atoms with Crippen molar-refractivity contribution in [3.63, 3.8) is 0 Å². The SMILES string of the molecule is CN1CCN(Nc2ccc(N)nn2)CC1. The fraction of sp³-hybridized carbons (Fsp3) is 0.556. The minimum Gasteiger partial charge on any atom is -0.382 e. The summed E-state index contributed by atoms with van der Waals surface area (Å²) in [5.74, 6) is 1.19. The monoisotopic (exact) mass is 208 g/mol. The Hall–Kier alpha value is -1.40. The van der Waals surface area contributed by atoms with Crippen LogP contribution in [0.2, 0.25) is 0 Å². The molecule has 0 saturated carbocycles. The molecule has 1 aromatic rings. The van der Waals surface area contributed by atoms with Crippen molar-refractivity contribution in [2.45, 2.75) is 0 Å². The number of hydrogen-bond acceptors (Lipinski definition) is 6. The van der Waals surface area contributed by atoms with Gasteiger partial charge in [-0.25, -0.2) is 5.01 Å².